The van der Waals surface area contributed by atoms with E-state index in [0.29, 0.717) is 12.1 Å². The molecule has 0 bridgehead atoms. The van der Waals surface area contributed by atoms with Crippen molar-refractivity contribution in [3.63, 3.8) is 0 Å². The van der Waals surface area contributed by atoms with Gasteiger partial charge in [-0.2, -0.15) is 36.0 Å². The lowest BCUT2D eigenvalue weighted by molar-refractivity contribution is -0.140. The van der Waals surface area contributed by atoms with Crippen LogP contribution in [-0.4, -0.2) is 19.6 Å². The quantitative estimate of drug-likeness (QED) is 0.360. The van der Waals surface area contributed by atoms with Gasteiger partial charge in [-0.15, -0.1) is 12.4 Å². The normalized spacial score (nSPS) is 12.0. The molecule has 0 spiro atoms. The van der Waals surface area contributed by atoms with Crippen molar-refractivity contribution in [2.45, 2.75) is 12.4 Å². The Hall–Kier alpha value is -3.41. The number of rotatable bonds is 3. The molecule has 13 heteroatoms. The SMILES string of the molecule is Cl.Fc1cc(Nc2cnc3cc(-c4ncccc4C(F)(F)F)cnn23)ccc1C(F)(F)F. The number of hydrogen-bond acceptors (Lipinski definition) is 4. The van der Waals surface area contributed by atoms with Gasteiger partial charge in [0.25, 0.3) is 0 Å². The van der Waals surface area contributed by atoms with Gasteiger partial charge in [-0.05, 0) is 36.4 Å². The molecule has 0 fully saturated rings. The highest BCUT2D eigenvalue weighted by Crippen LogP contribution is 2.36. The zero-order chi connectivity index (χ0) is 22.4. The summed E-state index contributed by atoms with van der Waals surface area (Å²) in [5.74, 6) is -1.30. The van der Waals surface area contributed by atoms with Crippen LogP contribution in [0.15, 0.2) is 55.0 Å². The highest BCUT2D eigenvalue weighted by Gasteiger charge is 2.35. The number of halogens is 8. The molecule has 0 aliphatic heterocycles. The zero-order valence-corrected chi connectivity index (χ0v) is 16.4. The van der Waals surface area contributed by atoms with Crippen LogP contribution in [0, 0.1) is 5.82 Å². The second-order valence-corrected chi connectivity index (χ2v) is 6.37. The summed E-state index contributed by atoms with van der Waals surface area (Å²) >= 11 is 0. The Labute approximate surface area is 181 Å². The molecule has 0 amide bonds. The van der Waals surface area contributed by atoms with Gasteiger partial charge in [-0.3, -0.25) is 4.98 Å². The van der Waals surface area contributed by atoms with E-state index in [9.17, 15) is 30.7 Å². The number of benzene rings is 1. The standard InChI is InChI=1S/C19H10F7N5.ClH/c20-14-7-11(3-4-12(14)18(21,22)23)30-16-9-28-15-6-10(8-29-31(15)16)17-13(19(24,25)26)2-1-5-27-17;/h1-9,30H;1H. The predicted molar refractivity (Wildman–Crippen MR) is 103 cm³/mol. The fourth-order valence-electron chi connectivity index (χ4n) is 2.93. The average Bonchev–Trinajstić information content (AvgIpc) is 3.08. The van der Waals surface area contributed by atoms with Crippen molar-refractivity contribution in [1.29, 1.82) is 0 Å². The van der Waals surface area contributed by atoms with Crippen LogP contribution in [-0.2, 0) is 12.4 Å². The number of pyridine rings is 1. The molecule has 168 valence electrons. The minimum absolute atomic E-state index is 0. The number of nitrogens with zero attached hydrogens (tertiary/aromatic N) is 4. The maximum Gasteiger partial charge on any atom is 0.419 e. The van der Waals surface area contributed by atoms with Gasteiger partial charge in [0, 0.05) is 17.4 Å². The Morgan fingerprint density at radius 1 is 0.844 bits per heavy atom. The molecule has 5 nitrogen and oxygen atoms in total. The summed E-state index contributed by atoms with van der Waals surface area (Å²) in [5, 5.41) is 6.70. The van der Waals surface area contributed by atoms with E-state index >= 15 is 0 Å². The van der Waals surface area contributed by atoms with E-state index < -0.39 is 29.3 Å². The highest BCUT2D eigenvalue weighted by molar-refractivity contribution is 5.85. The van der Waals surface area contributed by atoms with Crippen molar-refractivity contribution in [3.05, 3.63) is 71.9 Å². The first kappa shape index (κ1) is 23.3. The number of hydrogen-bond donors (Lipinski definition) is 1. The molecule has 3 aromatic heterocycles. The van der Waals surface area contributed by atoms with Crippen LogP contribution in [0.1, 0.15) is 11.1 Å². The molecule has 0 aliphatic rings. The summed E-state index contributed by atoms with van der Waals surface area (Å²) in [7, 11) is 0. The van der Waals surface area contributed by atoms with Gasteiger partial charge < -0.3 is 5.32 Å². The Morgan fingerprint density at radius 3 is 2.22 bits per heavy atom. The lowest BCUT2D eigenvalue weighted by Gasteiger charge is -2.12. The summed E-state index contributed by atoms with van der Waals surface area (Å²) in [4.78, 5) is 7.82. The zero-order valence-electron chi connectivity index (χ0n) is 15.5. The van der Waals surface area contributed by atoms with Gasteiger partial charge in [0.1, 0.15) is 5.82 Å². The molecule has 1 N–H and O–H groups in total. The lowest BCUT2D eigenvalue weighted by Crippen LogP contribution is -2.09. The fourth-order valence-corrected chi connectivity index (χ4v) is 2.93. The van der Waals surface area contributed by atoms with Gasteiger partial charge in [0.05, 0.1) is 29.2 Å². The molecule has 0 saturated carbocycles. The number of nitrogens with one attached hydrogen (secondary N) is 1. The molecule has 4 aromatic rings. The number of alkyl halides is 6. The van der Waals surface area contributed by atoms with Crippen LogP contribution in [0.25, 0.3) is 16.9 Å². The van der Waals surface area contributed by atoms with Crippen LogP contribution in [0.4, 0.5) is 42.2 Å². The second kappa shape index (κ2) is 8.26. The van der Waals surface area contributed by atoms with Gasteiger partial charge in [0.15, 0.2) is 11.5 Å². The summed E-state index contributed by atoms with van der Waals surface area (Å²) in [6.07, 6.45) is -5.84. The minimum atomic E-state index is -4.83. The summed E-state index contributed by atoms with van der Waals surface area (Å²) < 4.78 is 92.7. The first-order chi connectivity index (χ1) is 14.5. The molecule has 32 heavy (non-hydrogen) atoms. The van der Waals surface area contributed by atoms with Crippen LogP contribution in [0.3, 0.4) is 0 Å². The molecule has 0 radical (unpaired) electrons. The van der Waals surface area contributed by atoms with E-state index in [0.717, 1.165) is 18.3 Å². The van der Waals surface area contributed by atoms with Crippen LogP contribution >= 0.6 is 12.4 Å². The van der Waals surface area contributed by atoms with Crippen LogP contribution < -0.4 is 5.32 Å². The first-order valence-electron chi connectivity index (χ1n) is 8.54. The third kappa shape index (κ3) is 4.44. The second-order valence-electron chi connectivity index (χ2n) is 6.37. The fraction of sp³-hybridized carbons (Fsp3) is 0.105. The minimum Gasteiger partial charge on any atom is -0.339 e. The van der Waals surface area contributed by atoms with Crippen molar-refractivity contribution in [3.8, 4) is 11.3 Å². The van der Waals surface area contributed by atoms with Gasteiger partial charge in [0.2, 0.25) is 0 Å². The monoisotopic (exact) mass is 477 g/mol. The van der Waals surface area contributed by atoms with E-state index in [1.807, 2.05) is 0 Å². The molecule has 0 saturated heterocycles. The summed E-state index contributed by atoms with van der Waals surface area (Å²) in [5.41, 5.74) is -2.46. The predicted octanol–water partition coefficient (Wildman–Crippen LogP) is 6.13. The Bertz CT molecular complexity index is 1270. The van der Waals surface area contributed by atoms with Gasteiger partial charge in [-0.25, -0.2) is 9.37 Å². The smallest absolute Gasteiger partial charge is 0.339 e. The van der Waals surface area contributed by atoms with Crippen molar-refractivity contribution >= 4 is 29.6 Å². The number of anilines is 2. The number of imidazole rings is 1. The van der Waals surface area contributed by atoms with Crippen molar-refractivity contribution in [2.75, 3.05) is 5.32 Å². The van der Waals surface area contributed by atoms with Crippen molar-refractivity contribution in [2.24, 2.45) is 0 Å². The van der Waals surface area contributed by atoms with Gasteiger partial charge >= 0.3 is 12.4 Å². The molecular formula is C19H11ClF7N5. The molecule has 0 aliphatic carbocycles. The summed E-state index contributed by atoms with van der Waals surface area (Å²) in [6, 6.07) is 5.67. The lowest BCUT2D eigenvalue weighted by atomic mass is 10.1. The molecule has 4 rings (SSSR count). The number of fused-ring (bicyclic) bond motifs is 1. The number of aromatic nitrogens is 4. The molecule has 3 heterocycles. The van der Waals surface area contributed by atoms with E-state index in [2.05, 4.69) is 20.4 Å². The van der Waals surface area contributed by atoms with Crippen LogP contribution in [0.5, 0.6) is 0 Å². The Morgan fingerprint density at radius 2 is 1.56 bits per heavy atom. The van der Waals surface area contributed by atoms with E-state index in [-0.39, 0.29) is 40.8 Å². The first-order valence-corrected chi connectivity index (χ1v) is 8.54. The van der Waals surface area contributed by atoms with E-state index in [1.54, 1.807) is 0 Å². The van der Waals surface area contributed by atoms with Gasteiger partial charge in [-0.1, -0.05) is 0 Å². The molecule has 0 atom stereocenters. The Balaban J connectivity index is 0.00000289. The molecule has 0 unspecified atom stereocenters. The molecule has 1 aromatic carbocycles. The molecular weight excluding hydrogens is 467 g/mol. The largest absolute Gasteiger partial charge is 0.419 e. The maximum absolute atomic E-state index is 13.8. The van der Waals surface area contributed by atoms with Crippen molar-refractivity contribution < 1.29 is 30.7 Å². The summed E-state index contributed by atoms with van der Waals surface area (Å²) in [6.45, 7) is 0. The third-order valence-electron chi connectivity index (χ3n) is 4.29. The van der Waals surface area contributed by atoms with E-state index in [4.69, 9.17) is 0 Å². The highest BCUT2D eigenvalue weighted by atomic mass is 35.5. The third-order valence-corrected chi connectivity index (χ3v) is 4.29. The van der Waals surface area contributed by atoms with Crippen molar-refractivity contribution in [1.82, 2.24) is 19.6 Å². The Kier molecular flexibility index (Phi) is 6.00. The topological polar surface area (TPSA) is 55.1 Å². The van der Waals surface area contributed by atoms with E-state index in [1.165, 1.54) is 29.0 Å². The maximum atomic E-state index is 13.8. The average molecular weight is 478 g/mol. The van der Waals surface area contributed by atoms with Crippen LogP contribution in [0.2, 0.25) is 0 Å².